The van der Waals surface area contributed by atoms with Crippen LogP contribution in [0.25, 0.3) is 5.82 Å². The fourth-order valence-corrected chi connectivity index (χ4v) is 5.63. The van der Waals surface area contributed by atoms with E-state index in [9.17, 15) is 0 Å². The van der Waals surface area contributed by atoms with Crippen LogP contribution in [0.1, 0.15) is 40.3 Å². The third-order valence-electron chi connectivity index (χ3n) is 7.11. The second-order valence-electron chi connectivity index (χ2n) is 9.76. The van der Waals surface area contributed by atoms with E-state index in [1.54, 1.807) is 0 Å². The molecule has 0 unspecified atom stereocenters. The summed E-state index contributed by atoms with van der Waals surface area (Å²) in [5, 5.41) is 4.22. The largest absolute Gasteiger partial charge is 0.457 e. The molecule has 0 radical (unpaired) electrons. The van der Waals surface area contributed by atoms with Crippen LogP contribution < -0.4 is 15.0 Å². The number of para-hydroxylation sites is 1. The molecule has 5 aromatic rings. The van der Waals surface area contributed by atoms with Crippen LogP contribution in [0.3, 0.4) is 0 Å². The highest BCUT2D eigenvalue weighted by Crippen LogP contribution is 2.44. The first kappa shape index (κ1) is 24.8. The Morgan fingerprint density at radius 1 is 0.821 bits per heavy atom. The Morgan fingerprint density at radius 3 is 2.26 bits per heavy atom. The van der Waals surface area contributed by atoms with Gasteiger partial charge >= 0.3 is 0 Å². The van der Waals surface area contributed by atoms with Crippen molar-refractivity contribution in [2.45, 2.75) is 32.9 Å². The van der Waals surface area contributed by atoms with Gasteiger partial charge in [0, 0.05) is 29.5 Å². The van der Waals surface area contributed by atoms with Gasteiger partial charge in [0.25, 0.3) is 0 Å². The molecule has 194 valence electrons. The van der Waals surface area contributed by atoms with Gasteiger partial charge in [-0.1, -0.05) is 30.3 Å². The third-order valence-corrected chi connectivity index (χ3v) is 7.42. The van der Waals surface area contributed by atoms with Gasteiger partial charge in [0.1, 0.15) is 17.3 Å². The number of aryl methyl sites for hydroxylation is 2. The maximum Gasteiger partial charge on any atom is 0.174 e. The van der Waals surface area contributed by atoms with Gasteiger partial charge in [-0.3, -0.25) is 4.98 Å². The third kappa shape index (κ3) is 4.77. The second-order valence-corrected chi connectivity index (χ2v) is 10.1. The Bertz CT molecular complexity index is 1600. The van der Waals surface area contributed by atoms with Crippen molar-refractivity contribution in [1.82, 2.24) is 19.9 Å². The monoisotopic (exact) mass is 531 g/mol. The number of nitrogens with zero attached hydrogens (tertiary/aromatic N) is 4. The van der Waals surface area contributed by atoms with Crippen LogP contribution in [0.5, 0.6) is 11.5 Å². The number of pyridine rings is 2. The fourth-order valence-electron chi connectivity index (χ4n) is 5.28. The molecule has 2 atom stereocenters. The topological polar surface area (TPSA) is 55.2 Å². The van der Waals surface area contributed by atoms with Crippen molar-refractivity contribution >= 4 is 23.0 Å². The minimum atomic E-state index is -0.126. The van der Waals surface area contributed by atoms with E-state index in [1.165, 1.54) is 5.56 Å². The highest BCUT2D eigenvalue weighted by atomic mass is 32.1. The number of hydrogen-bond donors (Lipinski definition) is 1. The normalized spacial score (nSPS) is 16.8. The Hall–Kier alpha value is -4.49. The molecule has 0 amide bonds. The summed E-state index contributed by atoms with van der Waals surface area (Å²) in [6, 6.07) is 30.0. The van der Waals surface area contributed by atoms with Crippen molar-refractivity contribution in [3.63, 3.8) is 0 Å². The SMILES string of the molecule is Cc1ccc(-n2c(C)cc([C@H]3[C@@H](c4ccccn4)NC(=S)N3c3ccc(Oc4ccccc4)cc3)c2C)nc1. The molecular weight excluding hydrogens is 502 g/mol. The molecule has 0 aliphatic carbocycles. The molecule has 1 fully saturated rings. The molecule has 3 aromatic heterocycles. The molecule has 1 saturated heterocycles. The van der Waals surface area contributed by atoms with Crippen LogP contribution in [0, 0.1) is 20.8 Å². The van der Waals surface area contributed by atoms with E-state index in [0.717, 1.165) is 45.6 Å². The summed E-state index contributed by atoms with van der Waals surface area (Å²) in [6.45, 7) is 6.32. The minimum absolute atomic E-state index is 0.112. The van der Waals surface area contributed by atoms with Crippen LogP contribution in [0.2, 0.25) is 0 Å². The molecule has 39 heavy (non-hydrogen) atoms. The summed E-state index contributed by atoms with van der Waals surface area (Å²) in [6.07, 6.45) is 3.73. The molecule has 0 saturated carbocycles. The molecule has 1 aliphatic heterocycles. The lowest BCUT2D eigenvalue weighted by Crippen LogP contribution is -2.29. The summed E-state index contributed by atoms with van der Waals surface area (Å²) >= 11 is 5.94. The van der Waals surface area contributed by atoms with E-state index < -0.39 is 0 Å². The molecule has 0 spiro atoms. The number of anilines is 1. The van der Waals surface area contributed by atoms with E-state index in [0.29, 0.717) is 5.11 Å². The van der Waals surface area contributed by atoms with Gasteiger partial charge in [0.05, 0.1) is 17.8 Å². The standard InChI is InChI=1S/C32H29N5OS/c1-21-12-17-29(34-20-21)36-22(2)19-27(23(36)3)31-30(28-11-7-8-18-33-28)35-32(39)37(31)24-13-15-26(16-14-24)38-25-9-5-4-6-10-25/h4-20,30-31H,1-3H3,(H,35,39)/t30-,31+/m1/s1. The molecule has 1 aliphatic rings. The first-order chi connectivity index (χ1) is 19.0. The van der Waals surface area contributed by atoms with E-state index in [4.69, 9.17) is 26.9 Å². The predicted molar refractivity (Wildman–Crippen MR) is 159 cm³/mol. The lowest BCUT2D eigenvalue weighted by molar-refractivity contribution is 0.482. The number of thiocarbonyl (C=S) groups is 1. The smallest absolute Gasteiger partial charge is 0.174 e. The van der Waals surface area contributed by atoms with E-state index >= 15 is 0 Å². The highest BCUT2D eigenvalue weighted by Gasteiger charge is 2.42. The van der Waals surface area contributed by atoms with Gasteiger partial charge < -0.3 is 19.5 Å². The number of rotatable bonds is 6. The molecule has 2 aromatic carbocycles. The van der Waals surface area contributed by atoms with Crippen LogP contribution >= 0.6 is 12.2 Å². The van der Waals surface area contributed by atoms with Gasteiger partial charge in [-0.15, -0.1) is 0 Å². The lowest BCUT2D eigenvalue weighted by atomic mass is 9.96. The number of benzene rings is 2. The van der Waals surface area contributed by atoms with Crippen LogP contribution in [-0.2, 0) is 0 Å². The summed E-state index contributed by atoms with van der Waals surface area (Å²) in [5.74, 6) is 2.47. The zero-order valence-electron chi connectivity index (χ0n) is 22.1. The number of hydrogen-bond acceptors (Lipinski definition) is 4. The Morgan fingerprint density at radius 2 is 1.56 bits per heavy atom. The van der Waals surface area contributed by atoms with Gasteiger partial charge in [0.15, 0.2) is 5.11 Å². The lowest BCUT2D eigenvalue weighted by Gasteiger charge is -2.28. The van der Waals surface area contributed by atoms with Crippen molar-refractivity contribution in [2.24, 2.45) is 0 Å². The van der Waals surface area contributed by atoms with Gasteiger partial charge in [-0.05, 0) is 105 Å². The van der Waals surface area contributed by atoms with Crippen molar-refractivity contribution in [3.05, 3.63) is 132 Å². The highest BCUT2D eigenvalue weighted by molar-refractivity contribution is 7.80. The average Bonchev–Trinajstić information content (AvgIpc) is 3.45. The molecule has 6 rings (SSSR count). The Labute approximate surface area is 233 Å². The van der Waals surface area contributed by atoms with E-state index in [2.05, 4.69) is 59.0 Å². The van der Waals surface area contributed by atoms with Gasteiger partial charge in [-0.2, -0.15) is 0 Å². The van der Waals surface area contributed by atoms with Crippen molar-refractivity contribution < 1.29 is 4.74 Å². The zero-order chi connectivity index (χ0) is 26.9. The Kier molecular flexibility index (Phi) is 6.59. The van der Waals surface area contributed by atoms with Crippen LogP contribution in [0.15, 0.2) is 103 Å². The number of aromatic nitrogens is 3. The molecule has 6 nitrogen and oxygen atoms in total. The fraction of sp³-hybridized carbons (Fsp3) is 0.156. The van der Waals surface area contributed by atoms with Crippen LogP contribution in [0.4, 0.5) is 5.69 Å². The average molecular weight is 532 g/mol. The summed E-state index contributed by atoms with van der Waals surface area (Å²) in [4.78, 5) is 11.6. The summed E-state index contributed by atoms with van der Waals surface area (Å²) < 4.78 is 8.24. The van der Waals surface area contributed by atoms with Crippen molar-refractivity contribution in [1.29, 1.82) is 0 Å². The first-order valence-electron chi connectivity index (χ1n) is 12.9. The first-order valence-corrected chi connectivity index (χ1v) is 13.4. The molecule has 7 heteroatoms. The van der Waals surface area contributed by atoms with Crippen molar-refractivity contribution in [3.8, 4) is 17.3 Å². The van der Waals surface area contributed by atoms with E-state index in [-0.39, 0.29) is 12.1 Å². The molecule has 4 heterocycles. The Balaban J connectivity index is 1.41. The quantitative estimate of drug-likeness (QED) is 0.235. The number of ether oxygens (including phenoxy) is 1. The maximum absolute atomic E-state index is 6.03. The number of nitrogens with one attached hydrogen (secondary N) is 1. The van der Waals surface area contributed by atoms with Crippen LogP contribution in [-0.4, -0.2) is 19.6 Å². The maximum atomic E-state index is 6.03. The summed E-state index contributed by atoms with van der Waals surface area (Å²) in [7, 11) is 0. The molecule has 0 bridgehead atoms. The second kappa shape index (κ2) is 10.3. The van der Waals surface area contributed by atoms with E-state index in [1.807, 2.05) is 80.0 Å². The molecular formula is C32H29N5OS. The molecule has 1 N–H and O–H groups in total. The van der Waals surface area contributed by atoms with Crippen molar-refractivity contribution in [2.75, 3.05) is 4.90 Å². The minimum Gasteiger partial charge on any atom is -0.457 e. The predicted octanol–water partition coefficient (Wildman–Crippen LogP) is 7.16. The van der Waals surface area contributed by atoms with Gasteiger partial charge in [-0.25, -0.2) is 4.98 Å². The summed E-state index contributed by atoms with van der Waals surface area (Å²) in [5.41, 5.74) is 6.46. The zero-order valence-corrected chi connectivity index (χ0v) is 22.9. The van der Waals surface area contributed by atoms with Gasteiger partial charge in [0.2, 0.25) is 0 Å².